The molecule has 1 aliphatic rings. The molecule has 0 unspecified atom stereocenters. The lowest BCUT2D eigenvalue weighted by Crippen LogP contribution is -2.20. The van der Waals surface area contributed by atoms with Gasteiger partial charge in [0.1, 0.15) is 15.3 Å². The van der Waals surface area contributed by atoms with Crippen LogP contribution in [0.1, 0.15) is 11.1 Å². The second-order valence-electron chi connectivity index (χ2n) is 8.10. The molecule has 9 heteroatoms. The van der Waals surface area contributed by atoms with Gasteiger partial charge >= 0.3 is 0 Å². The molecule has 36 heavy (non-hydrogen) atoms. The number of aromatic nitrogens is 3. The van der Waals surface area contributed by atoms with E-state index in [0.717, 1.165) is 38.2 Å². The van der Waals surface area contributed by atoms with E-state index < -0.39 is 0 Å². The third-order valence-corrected chi connectivity index (χ3v) is 7.31. The van der Waals surface area contributed by atoms with Crippen LogP contribution in [0.4, 0.5) is 5.82 Å². The predicted molar refractivity (Wildman–Crippen MR) is 149 cm³/mol. The predicted octanol–water partition coefficient (Wildman–Crippen LogP) is 5.71. The van der Waals surface area contributed by atoms with Crippen molar-refractivity contribution >= 4 is 54.4 Å². The van der Waals surface area contributed by atoms with Gasteiger partial charge in [-0.1, -0.05) is 77.6 Å². The van der Waals surface area contributed by atoms with Gasteiger partial charge in [-0.15, -0.1) is 0 Å². The van der Waals surface area contributed by atoms with Crippen LogP contribution in [0.5, 0.6) is 0 Å². The number of rotatable bonds is 8. The molecule has 4 aromatic rings. The molecule has 6 nitrogen and oxygen atoms in total. The molecule has 2 N–H and O–H groups in total. The number of fused-ring (bicyclic) bond motifs is 1. The van der Waals surface area contributed by atoms with Gasteiger partial charge in [0.05, 0.1) is 16.4 Å². The summed E-state index contributed by atoms with van der Waals surface area (Å²) in [4.78, 5) is 16.9. The summed E-state index contributed by atoms with van der Waals surface area (Å²) in [7, 11) is 0.696. The Morgan fingerprint density at radius 2 is 1.94 bits per heavy atom. The van der Waals surface area contributed by atoms with Crippen molar-refractivity contribution in [2.75, 3.05) is 5.32 Å². The Morgan fingerprint density at radius 1 is 1.11 bits per heavy atom. The first-order chi connectivity index (χ1) is 17.6. The summed E-state index contributed by atoms with van der Waals surface area (Å²) in [5, 5.41) is 11.5. The maximum atomic E-state index is 12.2. The molecular formula is C27H21BrClN5OSi. The van der Waals surface area contributed by atoms with Gasteiger partial charge < -0.3 is 10.6 Å². The van der Waals surface area contributed by atoms with Crippen molar-refractivity contribution in [3.8, 4) is 11.3 Å². The van der Waals surface area contributed by atoms with Crippen LogP contribution in [-0.4, -0.2) is 30.0 Å². The monoisotopic (exact) mass is 573 g/mol. The van der Waals surface area contributed by atoms with E-state index >= 15 is 0 Å². The third-order valence-electron chi connectivity index (χ3n) is 5.56. The van der Waals surface area contributed by atoms with Gasteiger partial charge in [0.25, 0.3) is 0 Å². The smallest absolute Gasteiger partial charge is 0.244 e. The Morgan fingerprint density at radius 3 is 2.75 bits per heavy atom. The summed E-state index contributed by atoms with van der Waals surface area (Å²) in [6.07, 6.45) is 7.16. The summed E-state index contributed by atoms with van der Waals surface area (Å²) in [6, 6.07) is 17.7. The van der Waals surface area contributed by atoms with Gasteiger partial charge in [0.2, 0.25) is 5.91 Å². The Kier molecular flexibility index (Phi) is 7.46. The van der Waals surface area contributed by atoms with E-state index in [4.69, 9.17) is 16.6 Å². The van der Waals surface area contributed by atoms with Crippen molar-refractivity contribution in [2.45, 2.75) is 13.1 Å². The number of carbonyl (C=O) groups excluding carboxylic acids is 1. The molecule has 0 saturated carbocycles. The van der Waals surface area contributed by atoms with E-state index in [1.807, 2.05) is 60.7 Å². The number of anilines is 1. The summed E-state index contributed by atoms with van der Waals surface area (Å²) in [5.74, 6) is 0.680. The standard InChI is InChI=1S/C27H21BrClN5OSi/c28-22-16-32-34-25(13-24(33-27(22)34)21-6-1-2-7-23(21)29)30-14-19-4-3-5-20(12-19)15-31-26(35)9-8-18-10-11-36-17-18/h1-13,16-17,30H,14-15H2,(H,31,35)/b9-8+. The molecule has 2 radical (unpaired) electrons. The molecule has 1 aliphatic heterocycles. The SMILES string of the molecule is O=C(/C=C/C1=C[Si]C=C1)NCc1cccc(CNc2cc(-c3ccccc3Cl)nc3c(Br)cnn23)c1. The molecule has 0 fully saturated rings. The highest BCUT2D eigenvalue weighted by atomic mass is 79.9. The molecule has 0 saturated heterocycles. The highest BCUT2D eigenvalue weighted by Gasteiger charge is 2.13. The highest BCUT2D eigenvalue weighted by Crippen LogP contribution is 2.30. The first-order valence-electron chi connectivity index (χ1n) is 11.3. The maximum absolute atomic E-state index is 12.2. The number of nitrogens with one attached hydrogen (secondary N) is 2. The number of benzene rings is 2. The van der Waals surface area contributed by atoms with Crippen molar-refractivity contribution in [1.29, 1.82) is 0 Å². The summed E-state index contributed by atoms with van der Waals surface area (Å²) < 4.78 is 2.56. The average Bonchev–Trinajstić information content (AvgIpc) is 3.55. The first-order valence-corrected chi connectivity index (χ1v) is 13.6. The zero-order chi connectivity index (χ0) is 24.9. The van der Waals surface area contributed by atoms with Crippen molar-refractivity contribution < 1.29 is 4.79 Å². The van der Waals surface area contributed by atoms with E-state index in [2.05, 4.69) is 49.1 Å². The molecule has 178 valence electrons. The molecule has 2 aromatic carbocycles. The molecule has 1 amide bonds. The molecule has 5 rings (SSSR count). The highest BCUT2D eigenvalue weighted by molar-refractivity contribution is 9.10. The van der Waals surface area contributed by atoms with Crippen molar-refractivity contribution in [1.82, 2.24) is 19.9 Å². The number of nitrogens with zero attached hydrogens (tertiary/aromatic N) is 3. The van der Waals surface area contributed by atoms with E-state index in [1.165, 1.54) is 0 Å². The van der Waals surface area contributed by atoms with Crippen LogP contribution in [0.25, 0.3) is 16.9 Å². The second-order valence-corrected chi connectivity index (χ2v) is 10.3. The van der Waals surface area contributed by atoms with Gasteiger partial charge in [0, 0.05) is 35.8 Å². The summed E-state index contributed by atoms with van der Waals surface area (Å²) >= 11 is 9.98. The molecule has 3 heterocycles. The van der Waals surface area contributed by atoms with Gasteiger partial charge in [-0.3, -0.25) is 4.79 Å². The van der Waals surface area contributed by atoms with Gasteiger partial charge in [-0.2, -0.15) is 9.61 Å². The Bertz CT molecular complexity index is 1530. The quantitative estimate of drug-likeness (QED) is 0.209. The molecule has 0 atom stereocenters. The minimum atomic E-state index is -0.112. The fourth-order valence-corrected chi connectivity index (χ4v) is 5.12. The number of hydrogen-bond acceptors (Lipinski definition) is 4. The number of carbonyl (C=O) groups is 1. The number of amides is 1. The first kappa shape index (κ1) is 24.2. The van der Waals surface area contributed by atoms with E-state index in [0.29, 0.717) is 33.3 Å². The molecule has 2 aromatic heterocycles. The van der Waals surface area contributed by atoms with Crippen molar-refractivity contribution in [3.05, 3.63) is 117 Å². The molecule has 0 spiro atoms. The summed E-state index contributed by atoms with van der Waals surface area (Å²) in [6.45, 7) is 1.03. The molecule has 0 aliphatic carbocycles. The van der Waals surface area contributed by atoms with Crippen LogP contribution in [0, 0.1) is 0 Å². The average molecular weight is 575 g/mol. The number of halogens is 2. The van der Waals surface area contributed by atoms with Crippen molar-refractivity contribution in [3.63, 3.8) is 0 Å². The van der Waals surface area contributed by atoms with Gasteiger partial charge in [-0.05, 0) is 38.7 Å². The van der Waals surface area contributed by atoms with Crippen LogP contribution < -0.4 is 10.6 Å². The van der Waals surface area contributed by atoms with E-state index in [1.54, 1.807) is 16.8 Å². The lowest BCUT2D eigenvalue weighted by atomic mass is 10.1. The minimum absolute atomic E-state index is 0.112. The Labute approximate surface area is 224 Å². The third kappa shape index (κ3) is 5.67. The normalized spacial score (nSPS) is 12.9. The van der Waals surface area contributed by atoms with Crippen LogP contribution >= 0.6 is 27.5 Å². The fourth-order valence-electron chi connectivity index (χ4n) is 3.77. The zero-order valence-electron chi connectivity index (χ0n) is 19.1. The van der Waals surface area contributed by atoms with Crippen LogP contribution in [0.2, 0.25) is 5.02 Å². The van der Waals surface area contributed by atoms with Crippen LogP contribution in [0.15, 0.2) is 100 Å². The van der Waals surface area contributed by atoms with Crippen LogP contribution in [0.3, 0.4) is 0 Å². The lowest BCUT2D eigenvalue weighted by molar-refractivity contribution is -0.116. The lowest BCUT2D eigenvalue weighted by Gasteiger charge is -2.12. The minimum Gasteiger partial charge on any atom is -0.366 e. The van der Waals surface area contributed by atoms with E-state index in [-0.39, 0.29) is 5.91 Å². The Balaban J connectivity index is 1.29. The van der Waals surface area contributed by atoms with E-state index in [9.17, 15) is 4.79 Å². The maximum Gasteiger partial charge on any atom is 0.244 e. The van der Waals surface area contributed by atoms with Crippen LogP contribution in [-0.2, 0) is 17.9 Å². The summed E-state index contributed by atoms with van der Waals surface area (Å²) in [5.41, 5.74) is 9.68. The second kappa shape index (κ2) is 11.1. The fraction of sp³-hybridized carbons (Fsp3) is 0.0741. The molecular weight excluding hydrogens is 554 g/mol. The zero-order valence-corrected chi connectivity index (χ0v) is 22.4. The van der Waals surface area contributed by atoms with Crippen molar-refractivity contribution in [2.24, 2.45) is 0 Å². The van der Waals surface area contributed by atoms with Gasteiger partial charge in [-0.25, -0.2) is 4.98 Å². The Hall–Kier alpha value is -3.46. The topological polar surface area (TPSA) is 71.3 Å². The molecule has 0 bridgehead atoms. The number of allylic oxidation sites excluding steroid dienone is 3. The number of hydrogen-bond donors (Lipinski definition) is 2. The van der Waals surface area contributed by atoms with Gasteiger partial charge in [0.15, 0.2) is 5.65 Å². The largest absolute Gasteiger partial charge is 0.366 e.